The van der Waals surface area contributed by atoms with Gasteiger partial charge in [-0.1, -0.05) is 0 Å². The van der Waals surface area contributed by atoms with Gasteiger partial charge in [0.25, 0.3) is 0 Å². The van der Waals surface area contributed by atoms with Crippen LogP contribution in [0.3, 0.4) is 0 Å². The molecule has 0 bridgehead atoms. The van der Waals surface area contributed by atoms with Gasteiger partial charge < -0.3 is 5.02 Å². The maximum atomic E-state index is 7.28. The zero-order valence-corrected chi connectivity index (χ0v) is 1.88. The third kappa shape index (κ3) is 1.94. The Kier molecular flexibility index (Phi) is 2.90. The largest absolute Gasteiger partial charge is 0.521 e. The molecule has 0 rings (SSSR count). The second-order valence-electron chi connectivity index (χ2n) is 0.211. The highest BCUT2D eigenvalue weighted by Crippen LogP contribution is 1.39. The summed E-state index contributed by atoms with van der Waals surface area (Å²) in [7, 11) is 0.181. The molecule has 23 valence electrons. The van der Waals surface area contributed by atoms with Crippen molar-refractivity contribution < 1.29 is 15.1 Å². The van der Waals surface area contributed by atoms with Crippen LogP contribution in [0.1, 0.15) is 0 Å². The third-order valence-electron chi connectivity index (χ3n) is 0.0471. The zero-order valence-electron chi connectivity index (χ0n) is 1.88. The van der Waals surface area contributed by atoms with Gasteiger partial charge in [0.1, 0.15) is 0 Å². The Labute approximate surface area is 24.1 Å². The summed E-state index contributed by atoms with van der Waals surface area (Å²) in [5.41, 5.74) is 0. The smallest absolute Gasteiger partial charge is 0.427 e. The molecule has 0 aliphatic carbocycles. The molecule has 0 aromatic carbocycles. The molecule has 2 N–H and O–H groups in total. The molecule has 1 radical (unpaired) electrons. The molecule has 0 heterocycles. The topological polar surface area (TPSA) is 49.7 Å². The average Bonchev–Trinajstić information content (AvgIpc) is 1.37. The Morgan fingerprint density at radius 2 is 2.00 bits per heavy atom. The molecule has 3 nitrogen and oxygen atoms in total. The van der Waals surface area contributed by atoms with E-state index >= 15 is 0 Å². The van der Waals surface area contributed by atoms with Crippen molar-refractivity contribution in [3.63, 3.8) is 0 Å². The fourth-order valence-electron chi connectivity index (χ4n) is 0. The van der Waals surface area contributed by atoms with Crippen LogP contribution >= 0.6 is 0 Å². The summed E-state index contributed by atoms with van der Waals surface area (Å²) in [5.74, 6) is 0. The minimum atomic E-state index is 0.181. The van der Waals surface area contributed by atoms with Gasteiger partial charge in [-0.15, -0.1) is 0 Å². The van der Waals surface area contributed by atoms with Gasteiger partial charge in [-0.25, -0.2) is 0 Å². The van der Waals surface area contributed by atoms with E-state index in [1.165, 1.54) is 0 Å². The molecule has 0 aliphatic heterocycles. The molecule has 0 aromatic rings. The van der Waals surface area contributed by atoms with Crippen LogP contribution in [-0.2, 0) is 4.81 Å². The summed E-state index contributed by atoms with van der Waals surface area (Å²) in [6.45, 7) is 0. The number of hydrogen-bond donors (Lipinski definition) is 2. The standard InChI is InChI=1S/BH2O3/c2-1-4-3/h2-3H. The summed E-state index contributed by atoms with van der Waals surface area (Å²) < 4.78 is 0. The number of rotatable bonds is 1. The van der Waals surface area contributed by atoms with Gasteiger partial charge in [-0.2, -0.15) is 0 Å². The highest BCUT2D eigenvalue weighted by Gasteiger charge is 1.69. The monoisotopic (exact) mass is 61.0 g/mol. The van der Waals surface area contributed by atoms with Gasteiger partial charge in [0.2, 0.25) is 0 Å². The molecule has 4 heavy (non-hydrogen) atoms. The molecule has 0 unspecified atom stereocenters. The van der Waals surface area contributed by atoms with E-state index in [2.05, 4.69) is 4.81 Å². The molecule has 0 aromatic heterocycles. The van der Waals surface area contributed by atoms with Crippen LogP contribution in [0.4, 0.5) is 0 Å². The summed E-state index contributed by atoms with van der Waals surface area (Å²) in [6, 6.07) is 0. The zero-order chi connectivity index (χ0) is 3.41. The summed E-state index contributed by atoms with van der Waals surface area (Å²) in [5, 5.41) is 14.3. The maximum absolute atomic E-state index is 7.28. The third-order valence-corrected chi connectivity index (χ3v) is 0.0471. The van der Waals surface area contributed by atoms with E-state index in [9.17, 15) is 0 Å². The molecule has 0 atom stereocenters. The van der Waals surface area contributed by atoms with Gasteiger partial charge in [-0.3, -0.25) is 10.1 Å². The lowest BCUT2D eigenvalue weighted by atomic mass is 10.4. The second-order valence-corrected chi connectivity index (χ2v) is 0.211. The molecule has 0 saturated carbocycles. The summed E-state index contributed by atoms with van der Waals surface area (Å²) in [6.07, 6.45) is 0. The van der Waals surface area contributed by atoms with E-state index in [1.807, 2.05) is 0 Å². The Morgan fingerprint density at radius 3 is 2.00 bits per heavy atom. The van der Waals surface area contributed by atoms with Crippen molar-refractivity contribution in [1.82, 2.24) is 0 Å². The van der Waals surface area contributed by atoms with Crippen LogP contribution in [0.25, 0.3) is 0 Å². The van der Waals surface area contributed by atoms with Crippen LogP contribution in [0.2, 0.25) is 0 Å². The quantitative estimate of drug-likeness (QED) is 0.232. The van der Waals surface area contributed by atoms with Crippen LogP contribution in [0.15, 0.2) is 0 Å². The average molecular weight is 60.8 g/mol. The highest BCUT2D eigenvalue weighted by atomic mass is 17.1. The lowest BCUT2D eigenvalue weighted by molar-refractivity contribution is -0.148. The SMILES string of the molecule is O[B]OO. The first-order chi connectivity index (χ1) is 1.91. The van der Waals surface area contributed by atoms with E-state index < -0.39 is 0 Å². The first kappa shape index (κ1) is 3.94. The second kappa shape index (κ2) is 2.94. The van der Waals surface area contributed by atoms with Crippen molar-refractivity contribution in [1.29, 1.82) is 0 Å². The van der Waals surface area contributed by atoms with Crippen molar-refractivity contribution in [3.8, 4) is 0 Å². The van der Waals surface area contributed by atoms with Crippen molar-refractivity contribution in [2.75, 3.05) is 0 Å². The summed E-state index contributed by atoms with van der Waals surface area (Å²) in [4.78, 5) is 2.97. The van der Waals surface area contributed by atoms with E-state index in [4.69, 9.17) is 10.3 Å². The van der Waals surface area contributed by atoms with E-state index in [1.54, 1.807) is 0 Å². The molecule has 4 heteroatoms. The minimum Gasteiger partial charge on any atom is -0.427 e. The number of hydrogen-bond acceptors (Lipinski definition) is 3. The van der Waals surface area contributed by atoms with Gasteiger partial charge in [-0.05, 0) is 0 Å². The van der Waals surface area contributed by atoms with E-state index in [0.29, 0.717) is 0 Å². The van der Waals surface area contributed by atoms with Gasteiger partial charge in [0.05, 0.1) is 0 Å². The van der Waals surface area contributed by atoms with Crippen molar-refractivity contribution in [3.05, 3.63) is 0 Å². The Balaban J connectivity index is 1.97. The minimum absolute atomic E-state index is 0.181. The molecule has 0 fully saturated rings. The fourth-order valence-corrected chi connectivity index (χ4v) is 0. The lowest BCUT2D eigenvalue weighted by Crippen LogP contribution is -1.87. The highest BCUT2D eigenvalue weighted by molar-refractivity contribution is 6.15. The van der Waals surface area contributed by atoms with Crippen molar-refractivity contribution >= 4 is 7.69 Å². The summed E-state index contributed by atoms with van der Waals surface area (Å²) >= 11 is 0. The maximum Gasteiger partial charge on any atom is 0.521 e. The molecular formula is H2BO3. The first-order valence-corrected chi connectivity index (χ1v) is 0.676. The molecule has 0 saturated heterocycles. The van der Waals surface area contributed by atoms with Gasteiger partial charge in [0, 0.05) is 0 Å². The Morgan fingerprint density at radius 1 is 1.75 bits per heavy atom. The van der Waals surface area contributed by atoms with E-state index in [0.717, 1.165) is 0 Å². The van der Waals surface area contributed by atoms with Crippen LogP contribution in [-0.4, -0.2) is 18.0 Å². The predicted molar refractivity (Wildman–Crippen MR) is 11.7 cm³/mol. The van der Waals surface area contributed by atoms with Crippen LogP contribution in [0, 0.1) is 0 Å². The van der Waals surface area contributed by atoms with Crippen LogP contribution in [0.5, 0.6) is 0 Å². The van der Waals surface area contributed by atoms with E-state index in [-0.39, 0.29) is 7.69 Å². The van der Waals surface area contributed by atoms with Crippen molar-refractivity contribution in [2.24, 2.45) is 0 Å². The molecular weight excluding hydrogens is 58.8 g/mol. The fraction of sp³-hybridized carbons (Fsp3) is 0. The normalized spacial score (nSPS) is 6.50. The van der Waals surface area contributed by atoms with Crippen LogP contribution < -0.4 is 0 Å². The first-order valence-electron chi connectivity index (χ1n) is 0.676. The molecule has 0 spiro atoms. The molecule has 0 aliphatic rings. The lowest BCUT2D eigenvalue weighted by Gasteiger charge is -1.68. The predicted octanol–water partition coefficient (Wildman–Crippen LogP) is -0.998. The van der Waals surface area contributed by atoms with Crippen molar-refractivity contribution in [2.45, 2.75) is 0 Å². The Bertz CT molecular complexity index is 5.25. The van der Waals surface area contributed by atoms with Gasteiger partial charge in [0.15, 0.2) is 0 Å². The Hall–Kier alpha value is -0.0551. The molecule has 0 amide bonds. The van der Waals surface area contributed by atoms with Gasteiger partial charge >= 0.3 is 7.69 Å².